The van der Waals surface area contributed by atoms with E-state index in [9.17, 15) is 4.79 Å². The summed E-state index contributed by atoms with van der Waals surface area (Å²) >= 11 is 3.53. The van der Waals surface area contributed by atoms with Gasteiger partial charge < -0.3 is 0 Å². The van der Waals surface area contributed by atoms with Crippen molar-refractivity contribution in [1.82, 2.24) is 0 Å². The minimum Gasteiger partial charge on any atom is -0.298 e. The van der Waals surface area contributed by atoms with Crippen LogP contribution in [0.4, 0.5) is 0 Å². The Kier molecular flexibility index (Phi) is 1.93. The standard InChI is InChI=1S/C13H9BrO/c14-11-6-5-9-2-1-8-3-4-10(7-15)13(11)12(8)9/h3-7H,1-2H2. The molecule has 0 spiro atoms. The van der Waals surface area contributed by atoms with Crippen LogP contribution in [-0.2, 0) is 12.8 Å². The predicted octanol–water partition coefficient (Wildman–Crippen LogP) is 3.51. The van der Waals surface area contributed by atoms with Gasteiger partial charge in [-0.25, -0.2) is 0 Å². The van der Waals surface area contributed by atoms with Gasteiger partial charge in [-0.05, 0) is 35.4 Å². The summed E-state index contributed by atoms with van der Waals surface area (Å²) < 4.78 is 1.02. The van der Waals surface area contributed by atoms with Gasteiger partial charge in [-0.15, -0.1) is 0 Å². The highest BCUT2D eigenvalue weighted by Crippen LogP contribution is 2.36. The molecule has 0 bridgehead atoms. The van der Waals surface area contributed by atoms with Crippen LogP contribution in [-0.4, -0.2) is 6.29 Å². The van der Waals surface area contributed by atoms with Gasteiger partial charge >= 0.3 is 0 Å². The van der Waals surface area contributed by atoms with Crippen LogP contribution in [0.3, 0.4) is 0 Å². The van der Waals surface area contributed by atoms with Crippen LogP contribution >= 0.6 is 15.9 Å². The van der Waals surface area contributed by atoms with Crippen LogP contribution in [0.15, 0.2) is 28.7 Å². The monoisotopic (exact) mass is 260 g/mol. The Bertz CT molecular complexity index is 562. The molecule has 0 aliphatic heterocycles. The Morgan fingerprint density at radius 3 is 2.33 bits per heavy atom. The Hall–Kier alpha value is -1.15. The van der Waals surface area contributed by atoms with Gasteiger partial charge in [0.25, 0.3) is 0 Å². The molecule has 1 nitrogen and oxygen atoms in total. The summed E-state index contributed by atoms with van der Waals surface area (Å²) in [6.45, 7) is 0. The maximum absolute atomic E-state index is 11.0. The molecule has 0 aromatic heterocycles. The summed E-state index contributed by atoms with van der Waals surface area (Å²) in [5, 5.41) is 2.37. The highest BCUT2D eigenvalue weighted by Gasteiger charge is 2.17. The van der Waals surface area contributed by atoms with Gasteiger partial charge in [0, 0.05) is 15.4 Å². The van der Waals surface area contributed by atoms with Gasteiger partial charge in [0.05, 0.1) is 0 Å². The molecular formula is C13H9BrO. The SMILES string of the molecule is O=Cc1ccc2c3c(ccc(Br)c13)CC2. The van der Waals surface area contributed by atoms with E-state index in [0.717, 1.165) is 34.6 Å². The molecule has 1 aliphatic carbocycles. The van der Waals surface area contributed by atoms with Gasteiger partial charge in [0.1, 0.15) is 0 Å². The second-order valence-electron chi connectivity index (χ2n) is 3.89. The number of carbonyl (C=O) groups excluding carboxylic acids is 1. The van der Waals surface area contributed by atoms with E-state index in [0.29, 0.717) is 0 Å². The normalized spacial score (nSPS) is 13.4. The van der Waals surface area contributed by atoms with E-state index in [-0.39, 0.29) is 0 Å². The van der Waals surface area contributed by atoms with Crippen molar-refractivity contribution in [1.29, 1.82) is 0 Å². The molecule has 2 aromatic rings. The number of aldehydes is 1. The Morgan fingerprint density at radius 2 is 1.67 bits per heavy atom. The fourth-order valence-electron chi connectivity index (χ4n) is 2.41. The summed E-state index contributed by atoms with van der Waals surface area (Å²) in [6, 6.07) is 8.19. The van der Waals surface area contributed by atoms with Gasteiger partial charge in [0.2, 0.25) is 0 Å². The molecule has 3 rings (SSSR count). The maximum atomic E-state index is 11.0. The van der Waals surface area contributed by atoms with Crippen LogP contribution < -0.4 is 0 Å². The minimum atomic E-state index is 0.782. The molecule has 0 fully saturated rings. The molecule has 15 heavy (non-hydrogen) atoms. The Balaban J connectivity index is 2.57. The first-order valence-electron chi connectivity index (χ1n) is 4.99. The summed E-state index contributed by atoms with van der Waals surface area (Å²) in [6.07, 6.45) is 3.13. The molecule has 0 radical (unpaired) electrons. The van der Waals surface area contributed by atoms with E-state index in [1.807, 2.05) is 12.1 Å². The average molecular weight is 261 g/mol. The fourth-order valence-corrected chi connectivity index (χ4v) is 2.97. The zero-order valence-electron chi connectivity index (χ0n) is 8.09. The Labute approximate surface area is 96.2 Å². The van der Waals surface area contributed by atoms with Gasteiger partial charge in [-0.2, -0.15) is 0 Å². The molecule has 2 aromatic carbocycles. The summed E-state index contributed by atoms with van der Waals surface area (Å²) in [5.41, 5.74) is 3.52. The summed E-state index contributed by atoms with van der Waals surface area (Å²) in [5.74, 6) is 0. The van der Waals surface area contributed by atoms with Crippen molar-refractivity contribution in [3.8, 4) is 0 Å². The van der Waals surface area contributed by atoms with Crippen LogP contribution in [0.5, 0.6) is 0 Å². The molecule has 2 heteroatoms. The summed E-state index contributed by atoms with van der Waals surface area (Å²) in [4.78, 5) is 11.0. The second-order valence-corrected chi connectivity index (χ2v) is 4.74. The van der Waals surface area contributed by atoms with Crippen molar-refractivity contribution in [2.24, 2.45) is 0 Å². The largest absolute Gasteiger partial charge is 0.298 e. The highest BCUT2D eigenvalue weighted by atomic mass is 79.9. The number of carbonyl (C=O) groups is 1. The van der Waals surface area contributed by atoms with E-state index in [4.69, 9.17) is 0 Å². The molecule has 0 amide bonds. The number of rotatable bonds is 1. The quantitative estimate of drug-likeness (QED) is 0.718. The first-order valence-corrected chi connectivity index (χ1v) is 5.78. The van der Waals surface area contributed by atoms with E-state index in [2.05, 4.69) is 28.1 Å². The van der Waals surface area contributed by atoms with Crippen molar-refractivity contribution in [3.05, 3.63) is 45.4 Å². The Morgan fingerprint density at radius 1 is 1.00 bits per heavy atom. The smallest absolute Gasteiger partial charge is 0.150 e. The van der Waals surface area contributed by atoms with Crippen molar-refractivity contribution in [3.63, 3.8) is 0 Å². The number of benzene rings is 2. The van der Waals surface area contributed by atoms with Crippen molar-refractivity contribution < 1.29 is 4.79 Å². The molecular weight excluding hydrogens is 252 g/mol. The molecule has 0 N–H and O–H groups in total. The lowest BCUT2D eigenvalue weighted by Gasteiger charge is -2.06. The fraction of sp³-hybridized carbons (Fsp3) is 0.154. The molecule has 74 valence electrons. The second kappa shape index (κ2) is 3.17. The van der Waals surface area contributed by atoms with E-state index < -0.39 is 0 Å². The van der Waals surface area contributed by atoms with E-state index >= 15 is 0 Å². The van der Waals surface area contributed by atoms with Crippen LogP contribution in [0.25, 0.3) is 10.8 Å². The lowest BCUT2D eigenvalue weighted by Crippen LogP contribution is -1.87. The first-order chi connectivity index (χ1) is 7.31. The third-order valence-corrected chi connectivity index (χ3v) is 3.77. The van der Waals surface area contributed by atoms with Crippen LogP contribution in [0, 0.1) is 0 Å². The molecule has 0 saturated carbocycles. The molecule has 1 aliphatic rings. The topological polar surface area (TPSA) is 17.1 Å². The zero-order chi connectivity index (χ0) is 10.4. The molecule has 0 unspecified atom stereocenters. The number of aryl methyl sites for hydroxylation is 2. The van der Waals surface area contributed by atoms with Crippen molar-refractivity contribution in [2.75, 3.05) is 0 Å². The van der Waals surface area contributed by atoms with Gasteiger partial charge in [0.15, 0.2) is 6.29 Å². The minimum absolute atomic E-state index is 0.782. The van der Waals surface area contributed by atoms with E-state index in [1.165, 1.54) is 16.5 Å². The lowest BCUT2D eigenvalue weighted by atomic mass is 10.0. The third-order valence-electron chi connectivity index (χ3n) is 3.11. The van der Waals surface area contributed by atoms with Gasteiger partial charge in [-0.3, -0.25) is 4.79 Å². The average Bonchev–Trinajstić information content (AvgIpc) is 2.68. The summed E-state index contributed by atoms with van der Waals surface area (Å²) in [7, 11) is 0. The first kappa shape index (κ1) is 9.10. The molecule has 0 heterocycles. The van der Waals surface area contributed by atoms with Crippen molar-refractivity contribution in [2.45, 2.75) is 12.8 Å². The molecule has 0 saturated heterocycles. The maximum Gasteiger partial charge on any atom is 0.150 e. The highest BCUT2D eigenvalue weighted by molar-refractivity contribution is 9.10. The molecule has 0 atom stereocenters. The van der Waals surface area contributed by atoms with Crippen molar-refractivity contribution >= 4 is 33.0 Å². The van der Waals surface area contributed by atoms with Crippen LogP contribution in [0.2, 0.25) is 0 Å². The zero-order valence-corrected chi connectivity index (χ0v) is 9.67. The third kappa shape index (κ3) is 1.18. The van der Waals surface area contributed by atoms with E-state index in [1.54, 1.807) is 0 Å². The lowest BCUT2D eigenvalue weighted by molar-refractivity contribution is 0.112. The number of halogens is 1. The van der Waals surface area contributed by atoms with Gasteiger partial charge in [-0.1, -0.05) is 34.1 Å². The predicted molar refractivity (Wildman–Crippen MR) is 64.4 cm³/mol. The number of hydrogen-bond acceptors (Lipinski definition) is 1. The van der Waals surface area contributed by atoms with Crippen LogP contribution in [0.1, 0.15) is 21.5 Å². The number of hydrogen-bond donors (Lipinski definition) is 0.